The van der Waals surface area contributed by atoms with Crippen LogP contribution in [0.3, 0.4) is 0 Å². The summed E-state index contributed by atoms with van der Waals surface area (Å²) in [4.78, 5) is 22.4. The summed E-state index contributed by atoms with van der Waals surface area (Å²) >= 11 is 0. The Morgan fingerprint density at radius 3 is 1.84 bits per heavy atom. The molecule has 1 aromatic rings. The first kappa shape index (κ1) is 17.5. The summed E-state index contributed by atoms with van der Waals surface area (Å²) in [5, 5.41) is 0. The van der Waals surface area contributed by atoms with Crippen LogP contribution in [0.5, 0.6) is 0 Å². The van der Waals surface area contributed by atoms with Crippen LogP contribution in [0.15, 0.2) is 36.9 Å². The molecule has 0 fully saturated rings. The molecule has 1 rings (SSSR count). The molecule has 0 saturated carbocycles. The van der Waals surface area contributed by atoms with E-state index in [1.54, 1.807) is 12.1 Å². The van der Waals surface area contributed by atoms with Crippen LogP contribution in [0.1, 0.15) is 20.7 Å². The zero-order valence-corrected chi connectivity index (χ0v) is 14.4. The van der Waals surface area contributed by atoms with Crippen molar-refractivity contribution in [3.05, 3.63) is 48.0 Å². The highest BCUT2D eigenvalue weighted by molar-refractivity contribution is 7.66. The first-order valence-electron chi connectivity index (χ1n) is 5.63. The van der Waals surface area contributed by atoms with Crippen LogP contribution in [0.2, 0.25) is 0 Å². The Kier molecular flexibility index (Phi) is 9.67. The highest BCUT2D eigenvalue weighted by Gasteiger charge is 2.16. The van der Waals surface area contributed by atoms with Crippen LogP contribution < -0.4 is 0 Å². The summed E-state index contributed by atoms with van der Waals surface area (Å²) in [6, 6.07) is 6.33. The van der Waals surface area contributed by atoms with Gasteiger partial charge in [0.1, 0.15) is 0 Å². The molecule has 0 aliphatic carbocycles. The summed E-state index contributed by atoms with van der Waals surface area (Å²) in [6.45, 7) is 3.58. The van der Waals surface area contributed by atoms with Gasteiger partial charge in [0.05, 0.1) is 25.3 Å². The molecule has 0 heterocycles. The van der Waals surface area contributed by atoms with E-state index in [9.17, 15) is 9.59 Å². The van der Waals surface area contributed by atoms with Crippen molar-refractivity contribution in [2.45, 2.75) is 0 Å². The van der Waals surface area contributed by atoms with Crippen LogP contribution in [0, 0.1) is 0 Å². The first-order valence-corrected chi connectivity index (χ1v) is 10.3. The molecule has 0 radical (unpaired) electrons. The van der Waals surface area contributed by atoms with Crippen LogP contribution in [0.4, 0.5) is 0 Å². The Hall–Kier alpha value is -1.45. The average Bonchev–Trinajstić information content (AvgIpc) is 2.47. The molecule has 6 heteroatoms. The van der Waals surface area contributed by atoms with Crippen molar-refractivity contribution in [3.8, 4) is 0 Å². The molecule has 0 spiro atoms. The van der Waals surface area contributed by atoms with E-state index >= 15 is 0 Å². The van der Waals surface area contributed by atoms with Crippen molar-refractivity contribution in [2.24, 2.45) is 0 Å². The maximum atomic E-state index is 11.2. The normalized spacial score (nSPS) is 9.58. The van der Waals surface area contributed by atoms with Crippen LogP contribution in [-0.2, 0) is 9.47 Å². The van der Waals surface area contributed by atoms with Crippen molar-refractivity contribution < 1.29 is 19.1 Å². The SMILES string of the molecule is C=CCP[SiH3].COC(=O)c1ccccc1C(=O)OC. The molecule has 0 bridgehead atoms. The number of hydrogen-bond acceptors (Lipinski definition) is 4. The molecular formula is C13H19O4PSi. The smallest absolute Gasteiger partial charge is 0.338 e. The molecule has 104 valence electrons. The number of hydrogen-bond donors (Lipinski definition) is 0. The molecule has 0 N–H and O–H groups in total. The van der Waals surface area contributed by atoms with Crippen LogP contribution in [0.25, 0.3) is 0 Å². The number of rotatable bonds is 4. The lowest BCUT2D eigenvalue weighted by Gasteiger charge is -2.04. The Labute approximate surface area is 118 Å². The van der Waals surface area contributed by atoms with Crippen molar-refractivity contribution in [1.29, 1.82) is 0 Å². The van der Waals surface area contributed by atoms with Gasteiger partial charge in [0, 0.05) is 9.91 Å². The Morgan fingerprint density at radius 1 is 1.21 bits per heavy atom. The maximum absolute atomic E-state index is 11.2. The minimum absolute atomic E-state index is 0.210. The number of allylic oxidation sites excluding steroid dienone is 1. The van der Waals surface area contributed by atoms with Gasteiger partial charge < -0.3 is 9.47 Å². The zero-order valence-electron chi connectivity index (χ0n) is 11.4. The van der Waals surface area contributed by atoms with Crippen molar-refractivity contribution in [2.75, 3.05) is 20.4 Å². The fourth-order valence-electron chi connectivity index (χ4n) is 1.20. The molecule has 4 nitrogen and oxygen atoms in total. The molecular weight excluding hydrogens is 279 g/mol. The molecule has 0 saturated heterocycles. The highest BCUT2D eigenvalue weighted by Crippen LogP contribution is 2.10. The third kappa shape index (κ3) is 6.32. The van der Waals surface area contributed by atoms with Gasteiger partial charge in [-0.05, 0) is 18.3 Å². The van der Waals surface area contributed by atoms with E-state index in [0.29, 0.717) is 0 Å². The summed E-state index contributed by atoms with van der Waals surface area (Å²) in [5.41, 5.74) is 0.420. The standard InChI is InChI=1S/C10H10O4.C3H9PSi/c1-13-9(11)7-5-3-4-6-8(7)10(12)14-2;1-2-3-4-5/h3-6H,1-2H3;2,4H,1,3H2,5H3. The molecule has 1 unspecified atom stereocenters. The second-order valence-corrected chi connectivity index (χ2v) is 6.61. The summed E-state index contributed by atoms with van der Waals surface area (Å²) in [7, 11) is 5.05. The third-order valence-corrected chi connectivity index (χ3v) is 4.01. The van der Waals surface area contributed by atoms with Crippen molar-refractivity contribution in [1.82, 2.24) is 0 Å². The molecule has 1 aromatic carbocycles. The predicted molar refractivity (Wildman–Crippen MR) is 82.4 cm³/mol. The van der Waals surface area contributed by atoms with E-state index in [2.05, 4.69) is 16.1 Å². The molecule has 0 aliphatic heterocycles. The molecule has 0 amide bonds. The second kappa shape index (κ2) is 10.5. The largest absolute Gasteiger partial charge is 0.465 e. The van der Waals surface area contributed by atoms with Gasteiger partial charge in [-0.3, -0.25) is 0 Å². The van der Waals surface area contributed by atoms with Crippen LogP contribution in [-0.4, -0.2) is 42.2 Å². The maximum Gasteiger partial charge on any atom is 0.338 e. The summed E-state index contributed by atoms with van der Waals surface area (Å²) in [5.74, 6) is -1.10. The van der Waals surface area contributed by atoms with Crippen molar-refractivity contribution >= 4 is 30.0 Å². The zero-order chi connectivity index (χ0) is 14.7. The number of methoxy groups -OCH3 is 2. The molecule has 0 aromatic heterocycles. The number of carbonyl (C=O) groups excluding carboxylic acids is 2. The lowest BCUT2D eigenvalue weighted by atomic mass is 10.1. The van der Waals surface area contributed by atoms with E-state index in [4.69, 9.17) is 0 Å². The lowest BCUT2D eigenvalue weighted by molar-refractivity contribution is 0.0555. The van der Waals surface area contributed by atoms with Crippen LogP contribution >= 0.6 is 8.13 Å². The van der Waals surface area contributed by atoms with Gasteiger partial charge in [0.25, 0.3) is 0 Å². The minimum atomic E-state index is -0.550. The Balaban J connectivity index is 0.000000555. The Bertz CT molecular complexity index is 399. The highest BCUT2D eigenvalue weighted by atomic mass is 31.3. The topological polar surface area (TPSA) is 52.6 Å². The first-order chi connectivity index (χ1) is 9.12. The van der Waals surface area contributed by atoms with E-state index in [1.165, 1.54) is 50.6 Å². The number of esters is 2. The quantitative estimate of drug-likeness (QED) is 0.365. The minimum Gasteiger partial charge on any atom is -0.465 e. The van der Waals surface area contributed by atoms with Gasteiger partial charge in [-0.15, -0.1) is 14.7 Å². The molecule has 0 aliphatic rings. The second-order valence-electron chi connectivity index (χ2n) is 3.38. The Morgan fingerprint density at radius 2 is 1.63 bits per heavy atom. The monoisotopic (exact) mass is 298 g/mol. The van der Waals surface area contributed by atoms with Gasteiger partial charge in [0.2, 0.25) is 0 Å². The predicted octanol–water partition coefficient (Wildman–Crippen LogP) is 1.39. The third-order valence-electron chi connectivity index (χ3n) is 2.09. The van der Waals surface area contributed by atoms with E-state index in [1.807, 2.05) is 6.08 Å². The molecule has 19 heavy (non-hydrogen) atoms. The average molecular weight is 298 g/mol. The fraction of sp³-hybridized carbons (Fsp3) is 0.231. The number of benzene rings is 1. The van der Waals surface area contributed by atoms with Gasteiger partial charge in [-0.1, -0.05) is 18.2 Å². The van der Waals surface area contributed by atoms with Gasteiger partial charge in [-0.25, -0.2) is 9.59 Å². The fourth-order valence-corrected chi connectivity index (χ4v) is 2.36. The molecule has 1 atom stereocenters. The van der Waals surface area contributed by atoms with E-state index in [-0.39, 0.29) is 11.1 Å². The summed E-state index contributed by atoms with van der Waals surface area (Å²) < 4.78 is 9.05. The van der Waals surface area contributed by atoms with Crippen molar-refractivity contribution in [3.63, 3.8) is 0 Å². The number of ether oxygens (including phenoxy) is 2. The number of carbonyl (C=O) groups is 2. The van der Waals surface area contributed by atoms with Gasteiger partial charge in [-0.2, -0.15) is 0 Å². The van der Waals surface area contributed by atoms with Gasteiger partial charge in [0.15, 0.2) is 0 Å². The van der Waals surface area contributed by atoms with E-state index < -0.39 is 11.9 Å². The van der Waals surface area contributed by atoms with E-state index in [0.717, 1.165) is 0 Å². The van der Waals surface area contributed by atoms with Gasteiger partial charge >= 0.3 is 11.9 Å². The lowest BCUT2D eigenvalue weighted by Crippen LogP contribution is -2.11. The summed E-state index contributed by atoms with van der Waals surface area (Å²) in [6.07, 6.45) is 3.22.